The molecular formula is C19H37NO4. The van der Waals surface area contributed by atoms with E-state index in [1.165, 1.54) is 19.3 Å². The van der Waals surface area contributed by atoms with Crippen molar-refractivity contribution in [2.24, 2.45) is 11.8 Å². The van der Waals surface area contributed by atoms with Crippen LogP contribution < -0.4 is 5.32 Å². The molecule has 0 saturated heterocycles. The summed E-state index contributed by atoms with van der Waals surface area (Å²) in [7, 11) is 0. The van der Waals surface area contributed by atoms with Gasteiger partial charge in [0.15, 0.2) is 0 Å². The number of aliphatic hydroxyl groups is 2. The van der Waals surface area contributed by atoms with E-state index in [1.807, 2.05) is 34.6 Å². The fourth-order valence-corrected chi connectivity index (χ4v) is 3.24. The van der Waals surface area contributed by atoms with Crippen LogP contribution in [0.1, 0.15) is 79.6 Å². The molecule has 5 nitrogen and oxygen atoms in total. The van der Waals surface area contributed by atoms with Crippen molar-refractivity contribution in [1.82, 2.24) is 5.32 Å². The molecule has 0 bridgehead atoms. The van der Waals surface area contributed by atoms with Gasteiger partial charge in [-0.25, -0.2) is 4.79 Å². The molecule has 3 N–H and O–H groups in total. The Kier molecular flexibility index (Phi) is 8.51. The van der Waals surface area contributed by atoms with Gasteiger partial charge >= 0.3 is 6.09 Å². The molecule has 24 heavy (non-hydrogen) atoms. The zero-order valence-corrected chi connectivity index (χ0v) is 16.0. The topological polar surface area (TPSA) is 78.8 Å². The van der Waals surface area contributed by atoms with Crippen molar-refractivity contribution < 1.29 is 19.7 Å². The normalized spacial score (nSPS) is 20.5. The second-order valence-electron chi connectivity index (χ2n) is 8.61. The number of aliphatic hydroxyl groups excluding tert-OH is 2. The van der Waals surface area contributed by atoms with E-state index in [-0.39, 0.29) is 18.4 Å². The Morgan fingerprint density at radius 2 is 1.71 bits per heavy atom. The largest absolute Gasteiger partial charge is 0.444 e. The lowest BCUT2D eigenvalue weighted by Gasteiger charge is -2.32. The van der Waals surface area contributed by atoms with E-state index in [0.29, 0.717) is 5.92 Å². The van der Waals surface area contributed by atoms with E-state index in [9.17, 15) is 15.0 Å². The van der Waals surface area contributed by atoms with Gasteiger partial charge in [-0.15, -0.1) is 0 Å². The molecule has 0 spiro atoms. The highest BCUT2D eigenvalue weighted by Gasteiger charge is 2.29. The van der Waals surface area contributed by atoms with Crippen LogP contribution in [0.3, 0.4) is 0 Å². The summed E-state index contributed by atoms with van der Waals surface area (Å²) in [6, 6.07) is -0.378. The van der Waals surface area contributed by atoms with E-state index in [2.05, 4.69) is 5.32 Å². The zero-order chi connectivity index (χ0) is 18.3. The van der Waals surface area contributed by atoms with E-state index in [1.54, 1.807) is 0 Å². The zero-order valence-electron chi connectivity index (χ0n) is 16.0. The van der Waals surface area contributed by atoms with Gasteiger partial charge in [0.05, 0.1) is 18.2 Å². The number of rotatable bonds is 7. The van der Waals surface area contributed by atoms with Gasteiger partial charge in [0, 0.05) is 6.42 Å². The van der Waals surface area contributed by atoms with Crippen LogP contribution in [0.5, 0.6) is 0 Å². The Labute approximate surface area is 147 Å². The summed E-state index contributed by atoms with van der Waals surface area (Å²) >= 11 is 0. The van der Waals surface area contributed by atoms with Crippen LogP contribution in [0.25, 0.3) is 0 Å². The number of amides is 1. The molecule has 1 aliphatic rings. The second-order valence-corrected chi connectivity index (χ2v) is 8.61. The molecular weight excluding hydrogens is 306 g/mol. The van der Waals surface area contributed by atoms with E-state index >= 15 is 0 Å². The predicted octanol–water partition coefficient (Wildman–Crippen LogP) is 3.62. The van der Waals surface area contributed by atoms with Gasteiger partial charge in [-0.2, -0.15) is 0 Å². The van der Waals surface area contributed by atoms with Crippen molar-refractivity contribution in [3.8, 4) is 0 Å². The Bertz CT molecular complexity index is 372. The quantitative estimate of drug-likeness (QED) is 0.660. The first-order valence-corrected chi connectivity index (χ1v) is 9.44. The van der Waals surface area contributed by atoms with E-state index in [4.69, 9.17) is 4.74 Å². The fraction of sp³-hybridized carbons (Fsp3) is 0.947. The standard InChI is InChI=1S/C19H37NO4/c1-13(2)16(21)12-17(22)15(11-14-9-7-6-8-10-14)20-18(23)24-19(3,4)5/h13-17,21-22H,6-12H2,1-5H3,(H,20,23)/t15-,16?,17?/m0/s1. The molecule has 1 amide bonds. The lowest BCUT2D eigenvalue weighted by atomic mass is 9.82. The molecule has 1 fully saturated rings. The van der Waals surface area contributed by atoms with Gasteiger partial charge in [0.2, 0.25) is 0 Å². The average Bonchev–Trinajstić information content (AvgIpc) is 2.45. The van der Waals surface area contributed by atoms with Crippen LogP contribution in [-0.4, -0.2) is 40.2 Å². The van der Waals surface area contributed by atoms with E-state index in [0.717, 1.165) is 19.3 Å². The van der Waals surface area contributed by atoms with Gasteiger partial charge in [-0.05, 0) is 39.0 Å². The fourth-order valence-electron chi connectivity index (χ4n) is 3.24. The van der Waals surface area contributed by atoms with Crippen LogP contribution in [0.15, 0.2) is 0 Å². The first-order chi connectivity index (χ1) is 11.1. The summed E-state index contributed by atoms with van der Waals surface area (Å²) < 4.78 is 5.34. The van der Waals surface area contributed by atoms with Crippen molar-refractivity contribution in [1.29, 1.82) is 0 Å². The third-order valence-corrected chi connectivity index (χ3v) is 4.73. The summed E-state index contributed by atoms with van der Waals surface area (Å²) in [4.78, 5) is 12.1. The smallest absolute Gasteiger partial charge is 0.407 e. The Morgan fingerprint density at radius 3 is 2.21 bits per heavy atom. The Hall–Kier alpha value is -0.810. The molecule has 2 unspecified atom stereocenters. The van der Waals surface area contributed by atoms with Gasteiger partial charge in [0.25, 0.3) is 0 Å². The molecule has 1 saturated carbocycles. The third kappa shape index (κ3) is 8.34. The van der Waals surface area contributed by atoms with Crippen LogP contribution in [0, 0.1) is 11.8 Å². The highest BCUT2D eigenvalue weighted by atomic mass is 16.6. The molecule has 1 aliphatic carbocycles. The number of nitrogens with one attached hydrogen (secondary N) is 1. The average molecular weight is 344 g/mol. The Morgan fingerprint density at radius 1 is 1.12 bits per heavy atom. The maximum absolute atomic E-state index is 12.1. The minimum absolute atomic E-state index is 0.0801. The molecule has 0 heterocycles. The molecule has 0 aromatic rings. The minimum atomic E-state index is -0.767. The van der Waals surface area contributed by atoms with Crippen molar-refractivity contribution in [3.63, 3.8) is 0 Å². The molecule has 5 heteroatoms. The van der Waals surface area contributed by atoms with Crippen molar-refractivity contribution in [2.75, 3.05) is 0 Å². The monoisotopic (exact) mass is 343 g/mol. The molecule has 0 radical (unpaired) electrons. The van der Waals surface area contributed by atoms with Crippen LogP contribution >= 0.6 is 0 Å². The van der Waals surface area contributed by atoms with Crippen molar-refractivity contribution >= 4 is 6.09 Å². The Balaban J connectivity index is 2.68. The molecule has 3 atom stereocenters. The maximum Gasteiger partial charge on any atom is 0.407 e. The maximum atomic E-state index is 12.1. The lowest BCUT2D eigenvalue weighted by molar-refractivity contribution is 0.0165. The molecule has 0 aromatic carbocycles. The molecule has 1 rings (SSSR count). The summed E-state index contributed by atoms with van der Waals surface area (Å²) in [5, 5.41) is 23.5. The third-order valence-electron chi connectivity index (χ3n) is 4.73. The number of ether oxygens (including phenoxy) is 1. The highest BCUT2D eigenvalue weighted by molar-refractivity contribution is 5.68. The summed E-state index contributed by atoms with van der Waals surface area (Å²) in [6.45, 7) is 9.31. The van der Waals surface area contributed by atoms with Crippen LogP contribution in [0.2, 0.25) is 0 Å². The van der Waals surface area contributed by atoms with Crippen molar-refractivity contribution in [2.45, 2.75) is 103 Å². The first kappa shape index (κ1) is 21.2. The SMILES string of the molecule is CC(C)C(O)CC(O)[C@H](CC1CCCCC1)NC(=O)OC(C)(C)C. The number of carbonyl (C=O) groups is 1. The first-order valence-electron chi connectivity index (χ1n) is 9.44. The summed E-state index contributed by atoms with van der Waals surface area (Å²) in [6.07, 6.45) is 5.17. The molecule has 0 aromatic heterocycles. The number of hydrogen-bond acceptors (Lipinski definition) is 4. The van der Waals surface area contributed by atoms with Crippen LogP contribution in [0.4, 0.5) is 4.79 Å². The summed E-state index contributed by atoms with van der Waals surface area (Å²) in [5.41, 5.74) is -0.568. The number of alkyl carbamates (subject to hydrolysis) is 1. The number of carbonyl (C=O) groups excluding carboxylic acids is 1. The number of hydrogen-bond donors (Lipinski definition) is 3. The summed E-state index contributed by atoms with van der Waals surface area (Å²) in [5.74, 6) is 0.598. The highest BCUT2D eigenvalue weighted by Crippen LogP contribution is 2.29. The van der Waals surface area contributed by atoms with Gasteiger partial charge in [0.1, 0.15) is 5.60 Å². The lowest BCUT2D eigenvalue weighted by Crippen LogP contribution is -2.47. The van der Waals surface area contributed by atoms with E-state index < -0.39 is 23.9 Å². The van der Waals surface area contributed by atoms with Gasteiger partial charge in [-0.1, -0.05) is 46.0 Å². The van der Waals surface area contributed by atoms with Gasteiger partial charge < -0.3 is 20.3 Å². The minimum Gasteiger partial charge on any atom is -0.444 e. The molecule has 142 valence electrons. The van der Waals surface area contributed by atoms with Crippen molar-refractivity contribution in [3.05, 3.63) is 0 Å². The van der Waals surface area contributed by atoms with Crippen LogP contribution in [-0.2, 0) is 4.74 Å². The van der Waals surface area contributed by atoms with Gasteiger partial charge in [-0.3, -0.25) is 0 Å². The molecule has 0 aliphatic heterocycles. The second kappa shape index (κ2) is 9.62. The predicted molar refractivity (Wildman–Crippen MR) is 95.8 cm³/mol.